The van der Waals surface area contributed by atoms with Crippen LogP contribution >= 0.6 is 15.9 Å². The summed E-state index contributed by atoms with van der Waals surface area (Å²) in [4.78, 5) is 28.6. The zero-order valence-electron chi connectivity index (χ0n) is 24.0. The second-order valence-electron chi connectivity index (χ2n) is 10.7. The third-order valence-electron chi connectivity index (χ3n) is 7.44. The van der Waals surface area contributed by atoms with Gasteiger partial charge < -0.3 is 15.0 Å². The number of benzene rings is 3. The van der Waals surface area contributed by atoms with E-state index in [1.54, 1.807) is 31.2 Å². The predicted octanol–water partition coefficient (Wildman–Crippen LogP) is 5.66. The fourth-order valence-corrected chi connectivity index (χ4v) is 6.12. The molecule has 1 N–H and O–H groups in total. The lowest BCUT2D eigenvalue weighted by atomic mass is 9.95. The molecular formula is C32H38BrN3O5S. The first-order valence-electron chi connectivity index (χ1n) is 14.2. The second kappa shape index (κ2) is 14.7. The van der Waals surface area contributed by atoms with Gasteiger partial charge in [0.25, 0.3) is 0 Å². The van der Waals surface area contributed by atoms with Crippen LogP contribution in [-0.4, -0.2) is 50.0 Å². The van der Waals surface area contributed by atoms with E-state index in [0.29, 0.717) is 18.0 Å². The Labute approximate surface area is 257 Å². The van der Waals surface area contributed by atoms with Crippen LogP contribution < -0.4 is 14.4 Å². The van der Waals surface area contributed by atoms with Crippen molar-refractivity contribution in [2.45, 2.75) is 64.3 Å². The van der Waals surface area contributed by atoms with Crippen LogP contribution in [0.3, 0.4) is 0 Å². The Morgan fingerprint density at radius 3 is 2.19 bits per heavy atom. The normalized spacial score (nSPS) is 14.5. The van der Waals surface area contributed by atoms with Gasteiger partial charge in [-0.1, -0.05) is 77.7 Å². The van der Waals surface area contributed by atoms with Crippen molar-refractivity contribution in [1.82, 2.24) is 10.2 Å². The van der Waals surface area contributed by atoms with Gasteiger partial charge in [-0.15, -0.1) is 0 Å². The molecule has 42 heavy (non-hydrogen) atoms. The number of hydrogen-bond acceptors (Lipinski definition) is 5. The van der Waals surface area contributed by atoms with Crippen LogP contribution in [0.25, 0.3) is 0 Å². The molecule has 0 unspecified atom stereocenters. The predicted molar refractivity (Wildman–Crippen MR) is 169 cm³/mol. The molecule has 0 heterocycles. The molecule has 3 aromatic carbocycles. The summed E-state index contributed by atoms with van der Waals surface area (Å²) in [6.45, 7) is 1.79. The Morgan fingerprint density at radius 2 is 1.57 bits per heavy atom. The van der Waals surface area contributed by atoms with Crippen molar-refractivity contribution in [3.05, 3.63) is 94.5 Å². The van der Waals surface area contributed by atoms with Gasteiger partial charge in [-0.25, -0.2) is 8.42 Å². The molecule has 8 nitrogen and oxygen atoms in total. The van der Waals surface area contributed by atoms with Gasteiger partial charge in [-0.3, -0.25) is 13.9 Å². The number of carbonyl (C=O) groups excluding carboxylic acids is 2. The molecule has 1 fully saturated rings. The first kappa shape index (κ1) is 31.6. The number of nitrogens with one attached hydrogen (secondary N) is 1. The third-order valence-corrected chi connectivity index (χ3v) is 9.11. The molecule has 0 spiro atoms. The molecule has 3 aromatic rings. The minimum Gasteiger partial charge on any atom is -0.489 e. The molecule has 224 valence electrons. The fraction of sp³-hybridized carbons (Fsp3) is 0.375. The summed E-state index contributed by atoms with van der Waals surface area (Å²) in [5.41, 5.74) is 2.17. The summed E-state index contributed by atoms with van der Waals surface area (Å²) in [6.07, 6.45) is 6.22. The number of sulfonamides is 1. The monoisotopic (exact) mass is 655 g/mol. The van der Waals surface area contributed by atoms with Crippen LogP contribution in [0.1, 0.15) is 50.2 Å². The van der Waals surface area contributed by atoms with Gasteiger partial charge in [0.15, 0.2) is 0 Å². The highest BCUT2D eigenvalue weighted by atomic mass is 79.9. The van der Waals surface area contributed by atoms with Crippen LogP contribution in [0.4, 0.5) is 5.69 Å². The van der Waals surface area contributed by atoms with Crippen LogP contribution in [0.5, 0.6) is 5.75 Å². The number of hydrogen-bond donors (Lipinski definition) is 1. The first-order chi connectivity index (χ1) is 20.1. The molecule has 0 aromatic heterocycles. The molecule has 10 heteroatoms. The summed E-state index contributed by atoms with van der Waals surface area (Å²) >= 11 is 3.43. The van der Waals surface area contributed by atoms with Crippen molar-refractivity contribution in [2.75, 3.05) is 17.1 Å². The number of halogens is 1. The SMILES string of the molecule is C[C@H](C(=O)NC1CCCCC1)N(Cc1ccc(Br)cc1)C(=O)CN(c1ccc(OCc2ccccc2)cc1)S(C)(=O)=O. The van der Waals surface area contributed by atoms with Crippen LogP contribution in [0.2, 0.25) is 0 Å². The van der Waals surface area contributed by atoms with Crippen molar-refractivity contribution in [1.29, 1.82) is 0 Å². The van der Waals surface area contributed by atoms with Gasteiger partial charge in [0, 0.05) is 17.1 Å². The Hall–Kier alpha value is -3.37. The van der Waals surface area contributed by atoms with Gasteiger partial charge in [0.1, 0.15) is 24.9 Å². The van der Waals surface area contributed by atoms with Crippen LogP contribution in [0.15, 0.2) is 83.3 Å². The average molecular weight is 657 g/mol. The summed E-state index contributed by atoms with van der Waals surface area (Å²) in [7, 11) is -3.82. The van der Waals surface area contributed by atoms with E-state index in [1.807, 2.05) is 54.6 Å². The van der Waals surface area contributed by atoms with Crippen LogP contribution in [-0.2, 0) is 32.8 Å². The molecule has 2 amide bonds. The maximum atomic E-state index is 13.8. The smallest absolute Gasteiger partial charge is 0.244 e. The number of amides is 2. The average Bonchev–Trinajstić information content (AvgIpc) is 2.99. The highest BCUT2D eigenvalue weighted by Gasteiger charge is 2.31. The van der Waals surface area contributed by atoms with E-state index < -0.39 is 28.5 Å². The van der Waals surface area contributed by atoms with E-state index in [0.717, 1.165) is 58.3 Å². The zero-order valence-corrected chi connectivity index (χ0v) is 26.4. The quantitative estimate of drug-likeness (QED) is 0.272. The molecule has 0 radical (unpaired) electrons. The van der Waals surface area contributed by atoms with Gasteiger partial charge in [-0.2, -0.15) is 0 Å². The minimum absolute atomic E-state index is 0.0912. The Kier molecular flexibility index (Phi) is 11.0. The number of nitrogens with zero attached hydrogens (tertiary/aromatic N) is 2. The van der Waals surface area contributed by atoms with Crippen molar-refractivity contribution in [2.24, 2.45) is 0 Å². The van der Waals surface area contributed by atoms with Crippen molar-refractivity contribution in [3.63, 3.8) is 0 Å². The Morgan fingerprint density at radius 1 is 0.929 bits per heavy atom. The number of rotatable bonds is 12. The molecule has 0 aliphatic heterocycles. The van der Waals surface area contributed by atoms with E-state index in [1.165, 1.54) is 4.90 Å². The van der Waals surface area contributed by atoms with Crippen molar-refractivity contribution < 1.29 is 22.7 Å². The summed E-state index contributed by atoms with van der Waals surface area (Å²) in [5.74, 6) is -0.135. The second-order valence-corrected chi connectivity index (χ2v) is 13.5. The largest absolute Gasteiger partial charge is 0.489 e. The standard InChI is InChI=1S/C32H38BrN3O5S/c1-24(32(38)34-28-11-7-4-8-12-28)35(21-25-13-15-27(33)16-14-25)31(37)22-36(42(2,39)40)29-17-19-30(20-18-29)41-23-26-9-5-3-6-10-26/h3,5-6,9-10,13-20,24,28H,4,7-8,11-12,21-23H2,1-2H3,(H,34,38)/t24-/m1/s1. The van der Waals surface area contributed by atoms with E-state index >= 15 is 0 Å². The van der Waals surface area contributed by atoms with Crippen LogP contribution in [0, 0.1) is 0 Å². The van der Waals surface area contributed by atoms with Gasteiger partial charge in [0.05, 0.1) is 11.9 Å². The lowest BCUT2D eigenvalue weighted by molar-refractivity contribution is -0.139. The van der Waals surface area contributed by atoms with E-state index in [2.05, 4.69) is 21.2 Å². The van der Waals surface area contributed by atoms with Crippen molar-refractivity contribution in [3.8, 4) is 5.75 Å². The van der Waals surface area contributed by atoms with Gasteiger partial charge >= 0.3 is 0 Å². The minimum atomic E-state index is -3.82. The maximum Gasteiger partial charge on any atom is 0.244 e. The number of anilines is 1. The topological polar surface area (TPSA) is 96.0 Å². The molecular weight excluding hydrogens is 618 g/mol. The molecule has 0 bridgehead atoms. The molecule has 1 aliphatic carbocycles. The Bertz CT molecular complexity index is 1430. The summed E-state index contributed by atoms with van der Waals surface area (Å²) in [5, 5.41) is 3.11. The lowest BCUT2D eigenvalue weighted by Crippen LogP contribution is -2.52. The zero-order chi connectivity index (χ0) is 30.1. The first-order valence-corrected chi connectivity index (χ1v) is 16.8. The molecule has 1 atom stereocenters. The highest BCUT2D eigenvalue weighted by Crippen LogP contribution is 2.24. The fourth-order valence-electron chi connectivity index (χ4n) is 5.00. The lowest BCUT2D eigenvalue weighted by Gasteiger charge is -2.33. The molecule has 1 saturated carbocycles. The number of ether oxygens (including phenoxy) is 1. The molecule has 4 rings (SSSR count). The summed E-state index contributed by atoms with van der Waals surface area (Å²) < 4.78 is 33.6. The third kappa shape index (κ3) is 9.06. The van der Waals surface area contributed by atoms with E-state index in [4.69, 9.17) is 4.74 Å². The molecule has 1 aliphatic rings. The Balaban J connectivity index is 1.51. The summed E-state index contributed by atoms with van der Waals surface area (Å²) in [6, 6.07) is 23.1. The number of carbonyl (C=O) groups is 2. The van der Waals surface area contributed by atoms with Gasteiger partial charge in [-0.05, 0) is 67.3 Å². The van der Waals surface area contributed by atoms with Crippen molar-refractivity contribution >= 4 is 43.5 Å². The van der Waals surface area contributed by atoms with E-state index in [-0.39, 0.29) is 18.5 Å². The highest BCUT2D eigenvalue weighted by molar-refractivity contribution is 9.10. The van der Waals surface area contributed by atoms with E-state index in [9.17, 15) is 18.0 Å². The van der Waals surface area contributed by atoms with Gasteiger partial charge in [0.2, 0.25) is 21.8 Å². The maximum absolute atomic E-state index is 13.8. The molecule has 0 saturated heterocycles.